The molecule has 0 saturated heterocycles. The summed E-state index contributed by atoms with van der Waals surface area (Å²) in [6.07, 6.45) is 2.18. The van der Waals surface area contributed by atoms with E-state index in [0.717, 1.165) is 5.57 Å². The Morgan fingerprint density at radius 3 is 2.13 bits per heavy atom. The van der Waals surface area contributed by atoms with E-state index < -0.39 is 0 Å². The first-order valence-corrected chi connectivity index (χ1v) is 5.01. The summed E-state index contributed by atoms with van der Waals surface area (Å²) in [7, 11) is 0. The Balaban J connectivity index is 0.000000921. The van der Waals surface area contributed by atoms with Crippen LogP contribution in [0.25, 0.3) is 6.08 Å². The van der Waals surface area contributed by atoms with Crippen molar-refractivity contribution in [1.82, 2.24) is 0 Å². The molecule has 0 amide bonds. The Labute approximate surface area is 93.7 Å². The van der Waals surface area contributed by atoms with Crippen LogP contribution in [-0.2, 0) is 0 Å². The standard InChI is InChI=1S/C13H16.C2H4/c1-10(2)12(4)9-13-8-6-5-7-11(13)3;1-2/h5-9H,1H2,2-4H3;1-2H2/b12-9+;. The fraction of sp³-hybridized carbons (Fsp3) is 0.200. The highest BCUT2D eigenvalue weighted by Gasteiger charge is 1.94. The van der Waals surface area contributed by atoms with Crippen LogP contribution in [-0.4, -0.2) is 0 Å². The third-order valence-corrected chi connectivity index (χ3v) is 2.23. The molecule has 0 saturated carbocycles. The molecule has 0 radical (unpaired) electrons. The van der Waals surface area contributed by atoms with Gasteiger partial charge in [0.15, 0.2) is 0 Å². The van der Waals surface area contributed by atoms with Crippen molar-refractivity contribution in [2.45, 2.75) is 20.8 Å². The van der Waals surface area contributed by atoms with Crippen LogP contribution in [0.15, 0.2) is 55.1 Å². The van der Waals surface area contributed by atoms with Gasteiger partial charge in [-0.2, -0.15) is 0 Å². The lowest BCUT2D eigenvalue weighted by Crippen LogP contribution is -1.82. The molecule has 15 heavy (non-hydrogen) atoms. The van der Waals surface area contributed by atoms with Crippen molar-refractivity contribution in [2.24, 2.45) is 0 Å². The second-order valence-corrected chi connectivity index (χ2v) is 3.46. The lowest BCUT2D eigenvalue weighted by atomic mass is 10.0. The molecule has 0 aliphatic rings. The Morgan fingerprint density at radius 1 is 1.13 bits per heavy atom. The minimum Gasteiger partial charge on any atom is -0.106 e. The largest absolute Gasteiger partial charge is 0.106 e. The predicted octanol–water partition coefficient (Wildman–Crippen LogP) is 4.78. The summed E-state index contributed by atoms with van der Waals surface area (Å²) >= 11 is 0. The highest BCUT2D eigenvalue weighted by Crippen LogP contribution is 2.15. The van der Waals surface area contributed by atoms with Crippen molar-refractivity contribution >= 4 is 6.08 Å². The van der Waals surface area contributed by atoms with E-state index in [2.05, 4.69) is 63.9 Å². The molecule has 1 rings (SSSR count). The number of rotatable bonds is 2. The zero-order chi connectivity index (χ0) is 11.8. The molecular weight excluding hydrogens is 180 g/mol. The minimum absolute atomic E-state index is 1.13. The van der Waals surface area contributed by atoms with Gasteiger partial charge < -0.3 is 0 Å². The predicted molar refractivity (Wildman–Crippen MR) is 70.9 cm³/mol. The van der Waals surface area contributed by atoms with Crippen molar-refractivity contribution < 1.29 is 0 Å². The van der Waals surface area contributed by atoms with Gasteiger partial charge in [-0.25, -0.2) is 0 Å². The highest BCUT2D eigenvalue weighted by molar-refractivity contribution is 5.59. The van der Waals surface area contributed by atoms with Crippen LogP contribution in [0.2, 0.25) is 0 Å². The van der Waals surface area contributed by atoms with Crippen molar-refractivity contribution in [3.63, 3.8) is 0 Å². The Hall–Kier alpha value is -1.56. The van der Waals surface area contributed by atoms with Crippen LogP contribution in [0.1, 0.15) is 25.0 Å². The number of benzene rings is 1. The van der Waals surface area contributed by atoms with Crippen LogP contribution in [0.5, 0.6) is 0 Å². The maximum Gasteiger partial charge on any atom is -0.0225 e. The monoisotopic (exact) mass is 200 g/mol. The molecule has 1 aromatic rings. The molecule has 0 aliphatic carbocycles. The summed E-state index contributed by atoms with van der Waals surface area (Å²) in [6, 6.07) is 8.37. The van der Waals surface area contributed by atoms with E-state index in [-0.39, 0.29) is 0 Å². The molecule has 0 nitrogen and oxygen atoms in total. The molecule has 0 heteroatoms. The van der Waals surface area contributed by atoms with Gasteiger partial charge >= 0.3 is 0 Å². The first-order chi connectivity index (χ1) is 7.11. The molecule has 0 atom stereocenters. The van der Waals surface area contributed by atoms with E-state index in [1.165, 1.54) is 16.7 Å². The third-order valence-electron chi connectivity index (χ3n) is 2.23. The van der Waals surface area contributed by atoms with Crippen molar-refractivity contribution in [3.8, 4) is 0 Å². The summed E-state index contributed by atoms with van der Waals surface area (Å²) < 4.78 is 0. The van der Waals surface area contributed by atoms with E-state index >= 15 is 0 Å². The van der Waals surface area contributed by atoms with Gasteiger partial charge in [-0.05, 0) is 37.5 Å². The van der Waals surface area contributed by atoms with Crippen LogP contribution >= 0.6 is 0 Å². The normalized spacial score (nSPS) is 10.2. The molecule has 0 bridgehead atoms. The molecule has 0 spiro atoms. The van der Waals surface area contributed by atoms with Gasteiger partial charge in [0.05, 0.1) is 0 Å². The van der Waals surface area contributed by atoms with Crippen LogP contribution in [0.3, 0.4) is 0 Å². The molecule has 80 valence electrons. The second-order valence-electron chi connectivity index (χ2n) is 3.46. The third kappa shape index (κ3) is 4.46. The lowest BCUT2D eigenvalue weighted by molar-refractivity contribution is 1.37. The summed E-state index contributed by atoms with van der Waals surface area (Å²) in [6.45, 7) is 16.2. The summed E-state index contributed by atoms with van der Waals surface area (Å²) in [4.78, 5) is 0. The molecule has 0 N–H and O–H groups in total. The Kier molecular flexibility index (Phi) is 6.12. The molecule has 1 aromatic carbocycles. The maximum absolute atomic E-state index is 3.91. The zero-order valence-electron chi connectivity index (χ0n) is 10.0. The fourth-order valence-electron chi connectivity index (χ4n) is 1.11. The first-order valence-electron chi connectivity index (χ1n) is 5.01. The first kappa shape index (κ1) is 13.4. The number of hydrogen-bond donors (Lipinski definition) is 0. The van der Waals surface area contributed by atoms with E-state index in [4.69, 9.17) is 0 Å². The van der Waals surface area contributed by atoms with Crippen molar-refractivity contribution in [2.75, 3.05) is 0 Å². The SMILES string of the molecule is C=C.C=C(C)/C(C)=C/c1ccccc1C. The maximum atomic E-state index is 3.91. The number of allylic oxidation sites excluding steroid dienone is 2. The quantitative estimate of drug-likeness (QED) is 0.476. The Morgan fingerprint density at radius 2 is 1.67 bits per heavy atom. The lowest BCUT2D eigenvalue weighted by Gasteiger charge is -2.02. The van der Waals surface area contributed by atoms with Gasteiger partial charge in [0, 0.05) is 0 Å². The minimum atomic E-state index is 1.13. The molecule has 0 unspecified atom stereocenters. The highest BCUT2D eigenvalue weighted by atomic mass is 14.0. The van der Waals surface area contributed by atoms with Gasteiger partial charge in [0.1, 0.15) is 0 Å². The fourth-order valence-corrected chi connectivity index (χ4v) is 1.11. The van der Waals surface area contributed by atoms with Crippen molar-refractivity contribution in [3.05, 3.63) is 66.3 Å². The van der Waals surface area contributed by atoms with E-state index in [9.17, 15) is 0 Å². The van der Waals surface area contributed by atoms with Gasteiger partial charge in [0.25, 0.3) is 0 Å². The van der Waals surface area contributed by atoms with E-state index in [0.29, 0.717) is 0 Å². The summed E-state index contributed by atoms with van der Waals surface area (Å²) in [5.74, 6) is 0. The van der Waals surface area contributed by atoms with E-state index in [1.54, 1.807) is 0 Å². The Bertz CT molecular complexity index is 356. The second kappa shape index (κ2) is 6.83. The molecule has 0 aliphatic heterocycles. The number of aryl methyl sites for hydroxylation is 1. The molecule has 0 heterocycles. The van der Waals surface area contributed by atoms with Crippen LogP contribution in [0, 0.1) is 6.92 Å². The average molecular weight is 200 g/mol. The molecule has 0 fully saturated rings. The average Bonchev–Trinajstić information content (AvgIpc) is 2.24. The molecular formula is C15H20. The van der Waals surface area contributed by atoms with E-state index in [1.807, 2.05) is 6.92 Å². The number of hydrogen-bond acceptors (Lipinski definition) is 0. The van der Waals surface area contributed by atoms with Gasteiger partial charge in [-0.15, -0.1) is 13.2 Å². The van der Waals surface area contributed by atoms with Gasteiger partial charge in [-0.3, -0.25) is 0 Å². The summed E-state index contributed by atoms with van der Waals surface area (Å²) in [5.41, 5.74) is 4.96. The molecule has 0 aromatic heterocycles. The summed E-state index contributed by atoms with van der Waals surface area (Å²) in [5, 5.41) is 0. The smallest absolute Gasteiger partial charge is 0.0225 e. The van der Waals surface area contributed by atoms with Crippen LogP contribution in [0.4, 0.5) is 0 Å². The van der Waals surface area contributed by atoms with Crippen molar-refractivity contribution in [1.29, 1.82) is 0 Å². The zero-order valence-corrected chi connectivity index (χ0v) is 10.0. The van der Waals surface area contributed by atoms with Gasteiger partial charge in [0.2, 0.25) is 0 Å². The topological polar surface area (TPSA) is 0 Å². The van der Waals surface area contributed by atoms with Crippen LogP contribution < -0.4 is 0 Å². The van der Waals surface area contributed by atoms with Gasteiger partial charge in [-0.1, -0.05) is 42.5 Å².